The van der Waals surface area contributed by atoms with E-state index in [1.54, 1.807) is 0 Å². The fourth-order valence-corrected chi connectivity index (χ4v) is 4.48. The molecule has 6 nitrogen and oxygen atoms in total. The largest absolute Gasteiger partial charge is 0.479 e. The van der Waals surface area contributed by atoms with Gasteiger partial charge in [0.15, 0.2) is 6.10 Å². The first kappa shape index (κ1) is 16.2. The lowest BCUT2D eigenvalue weighted by Gasteiger charge is -2.29. The summed E-state index contributed by atoms with van der Waals surface area (Å²) in [7, 11) is -4.16. The Labute approximate surface area is 121 Å². The van der Waals surface area contributed by atoms with E-state index in [0.717, 1.165) is 10.4 Å². The van der Waals surface area contributed by atoms with Crippen LogP contribution in [0.3, 0.4) is 0 Å². The molecule has 0 radical (unpaired) electrons. The van der Waals surface area contributed by atoms with Gasteiger partial charge >= 0.3 is 12.1 Å². The summed E-state index contributed by atoms with van der Waals surface area (Å²) in [5.74, 6) is -1.32. The van der Waals surface area contributed by atoms with Crippen LogP contribution in [-0.2, 0) is 25.7 Å². The van der Waals surface area contributed by atoms with Crippen LogP contribution in [0.1, 0.15) is 4.88 Å². The van der Waals surface area contributed by atoms with Gasteiger partial charge in [-0.2, -0.15) is 17.5 Å². The number of carboxylic acid groups (broad SMARTS) is 1. The first-order valence-electron chi connectivity index (χ1n) is 5.64. The van der Waals surface area contributed by atoms with E-state index in [0.29, 0.717) is 6.07 Å². The molecule has 1 N–H and O–H groups in total. The van der Waals surface area contributed by atoms with Gasteiger partial charge in [-0.1, -0.05) is 0 Å². The Balaban J connectivity index is 2.25. The minimum atomic E-state index is -4.62. The number of alkyl halides is 3. The van der Waals surface area contributed by atoms with Crippen molar-refractivity contribution in [2.75, 3.05) is 19.7 Å². The molecule has 1 aliphatic heterocycles. The number of carbonyl (C=O) groups is 1. The number of sulfonamides is 1. The van der Waals surface area contributed by atoms with E-state index in [9.17, 15) is 26.4 Å². The highest BCUT2D eigenvalue weighted by atomic mass is 32.2. The molecule has 1 fully saturated rings. The summed E-state index contributed by atoms with van der Waals surface area (Å²) < 4.78 is 67.2. The predicted octanol–water partition coefficient (Wildman–Crippen LogP) is 1.24. The number of halogens is 3. The van der Waals surface area contributed by atoms with E-state index < -0.39 is 43.9 Å². The smallest absolute Gasteiger partial charge is 0.425 e. The minimum absolute atomic E-state index is 0.106. The summed E-state index contributed by atoms with van der Waals surface area (Å²) in [6, 6.07) is 1.56. The molecular formula is C10H10F3NO5S2. The first-order valence-corrected chi connectivity index (χ1v) is 7.89. The number of hydrogen-bond donors (Lipinski definition) is 1. The number of morpholine rings is 1. The molecule has 0 bridgehead atoms. The third kappa shape index (κ3) is 3.36. The Morgan fingerprint density at radius 2 is 2.10 bits per heavy atom. The second-order valence-electron chi connectivity index (χ2n) is 4.18. The summed E-state index contributed by atoms with van der Waals surface area (Å²) >= 11 is 0.107. The molecule has 118 valence electrons. The van der Waals surface area contributed by atoms with Crippen LogP contribution in [-0.4, -0.2) is 49.6 Å². The van der Waals surface area contributed by atoms with Crippen LogP contribution in [0.15, 0.2) is 16.3 Å². The van der Waals surface area contributed by atoms with E-state index in [-0.39, 0.29) is 24.5 Å². The Morgan fingerprint density at radius 1 is 1.43 bits per heavy atom. The zero-order chi connectivity index (χ0) is 15.8. The fraction of sp³-hybridized carbons (Fsp3) is 0.500. The van der Waals surface area contributed by atoms with E-state index in [4.69, 9.17) is 9.84 Å². The molecule has 0 saturated carbocycles. The number of aliphatic carboxylic acids is 1. The molecule has 0 aliphatic carbocycles. The molecule has 0 aromatic carbocycles. The summed E-state index contributed by atoms with van der Waals surface area (Å²) in [5.41, 5.74) is 0. The number of rotatable bonds is 3. The highest BCUT2D eigenvalue weighted by molar-refractivity contribution is 7.91. The maximum Gasteiger partial charge on any atom is 0.425 e. The van der Waals surface area contributed by atoms with Crippen LogP contribution in [0.2, 0.25) is 0 Å². The van der Waals surface area contributed by atoms with Gasteiger partial charge in [-0.25, -0.2) is 13.2 Å². The van der Waals surface area contributed by atoms with Crippen LogP contribution < -0.4 is 0 Å². The molecule has 0 spiro atoms. The molecule has 11 heteroatoms. The average molecular weight is 345 g/mol. The molecule has 1 aliphatic rings. The molecule has 1 saturated heterocycles. The molecule has 1 aromatic rings. The lowest BCUT2D eigenvalue weighted by Crippen LogP contribution is -2.48. The number of thiophene rings is 1. The molecule has 0 amide bonds. The highest BCUT2D eigenvalue weighted by Gasteiger charge is 2.38. The van der Waals surface area contributed by atoms with Crippen molar-refractivity contribution in [3.63, 3.8) is 0 Å². The second kappa shape index (κ2) is 5.55. The Morgan fingerprint density at radius 3 is 2.62 bits per heavy atom. The fourth-order valence-electron chi connectivity index (χ4n) is 1.73. The van der Waals surface area contributed by atoms with Crippen LogP contribution in [0.25, 0.3) is 0 Å². The monoisotopic (exact) mass is 345 g/mol. The number of nitrogens with zero attached hydrogens (tertiary/aromatic N) is 1. The van der Waals surface area contributed by atoms with Crippen molar-refractivity contribution in [3.05, 3.63) is 17.0 Å². The van der Waals surface area contributed by atoms with Crippen molar-refractivity contribution in [1.82, 2.24) is 4.31 Å². The topological polar surface area (TPSA) is 83.9 Å². The van der Waals surface area contributed by atoms with Crippen molar-refractivity contribution in [3.8, 4) is 0 Å². The van der Waals surface area contributed by atoms with Crippen molar-refractivity contribution < 1.29 is 36.2 Å². The van der Waals surface area contributed by atoms with Crippen LogP contribution in [0.5, 0.6) is 0 Å². The molecule has 2 heterocycles. The highest BCUT2D eigenvalue weighted by Crippen LogP contribution is 2.37. The zero-order valence-electron chi connectivity index (χ0n) is 10.3. The number of hydrogen-bond acceptors (Lipinski definition) is 5. The van der Waals surface area contributed by atoms with Crippen LogP contribution >= 0.6 is 11.3 Å². The van der Waals surface area contributed by atoms with Gasteiger partial charge < -0.3 is 9.84 Å². The van der Waals surface area contributed by atoms with Crippen LogP contribution in [0, 0.1) is 0 Å². The standard InChI is InChI=1S/C10H10F3NO5S2/c11-10(12,13)7-1-2-8(20-7)21(17,18)14-3-4-19-6(5-14)9(15)16/h1-2,6H,3-5H2,(H,15,16). The van der Waals surface area contributed by atoms with Gasteiger partial charge in [0.25, 0.3) is 10.0 Å². The molecule has 1 unspecified atom stereocenters. The van der Waals surface area contributed by atoms with E-state index in [1.807, 2.05) is 0 Å². The lowest BCUT2D eigenvalue weighted by atomic mass is 10.3. The van der Waals surface area contributed by atoms with E-state index in [2.05, 4.69) is 0 Å². The van der Waals surface area contributed by atoms with Crippen molar-refractivity contribution in [2.45, 2.75) is 16.5 Å². The number of ether oxygens (including phenoxy) is 1. The number of carboxylic acids is 1. The van der Waals surface area contributed by atoms with E-state index >= 15 is 0 Å². The summed E-state index contributed by atoms with van der Waals surface area (Å²) in [6.45, 7) is -0.671. The predicted molar refractivity (Wildman–Crippen MR) is 65.5 cm³/mol. The van der Waals surface area contributed by atoms with Crippen molar-refractivity contribution >= 4 is 27.3 Å². The maximum atomic E-state index is 12.5. The van der Waals surface area contributed by atoms with Gasteiger partial charge in [0, 0.05) is 6.54 Å². The summed E-state index contributed by atoms with van der Waals surface area (Å²) in [5, 5.41) is 8.81. The Kier molecular flexibility index (Phi) is 4.29. The first-order chi connectivity index (χ1) is 9.62. The van der Waals surface area contributed by atoms with Gasteiger partial charge in [-0.15, -0.1) is 11.3 Å². The quantitative estimate of drug-likeness (QED) is 0.891. The van der Waals surface area contributed by atoms with Gasteiger partial charge in [-0.05, 0) is 12.1 Å². The Hall–Kier alpha value is -1.17. The third-order valence-electron chi connectivity index (χ3n) is 2.76. The minimum Gasteiger partial charge on any atom is -0.479 e. The van der Waals surface area contributed by atoms with Gasteiger partial charge in [0.1, 0.15) is 9.09 Å². The third-order valence-corrected chi connectivity index (χ3v) is 6.22. The van der Waals surface area contributed by atoms with Crippen LogP contribution in [0.4, 0.5) is 13.2 Å². The summed E-state index contributed by atoms with van der Waals surface area (Å²) in [4.78, 5) is 9.78. The SMILES string of the molecule is O=C(O)C1CN(S(=O)(=O)c2ccc(C(F)(F)F)s2)CCO1. The van der Waals surface area contributed by atoms with Gasteiger partial charge in [0.2, 0.25) is 0 Å². The average Bonchev–Trinajstić information content (AvgIpc) is 2.89. The second-order valence-corrected chi connectivity index (χ2v) is 7.43. The van der Waals surface area contributed by atoms with Gasteiger partial charge in [-0.3, -0.25) is 0 Å². The molecule has 21 heavy (non-hydrogen) atoms. The van der Waals surface area contributed by atoms with Crippen molar-refractivity contribution in [2.24, 2.45) is 0 Å². The zero-order valence-corrected chi connectivity index (χ0v) is 12.0. The van der Waals surface area contributed by atoms with Crippen molar-refractivity contribution in [1.29, 1.82) is 0 Å². The molecule has 1 atom stereocenters. The van der Waals surface area contributed by atoms with E-state index in [1.165, 1.54) is 0 Å². The summed E-state index contributed by atoms with van der Waals surface area (Å²) in [6.07, 6.45) is -5.94. The normalized spacial score (nSPS) is 21.4. The van der Waals surface area contributed by atoms with Gasteiger partial charge in [0.05, 0.1) is 13.2 Å². The Bertz CT molecular complexity index is 639. The molecular weight excluding hydrogens is 335 g/mol. The maximum absolute atomic E-state index is 12.5. The lowest BCUT2D eigenvalue weighted by molar-refractivity contribution is -0.153. The molecule has 1 aromatic heterocycles. The molecule has 2 rings (SSSR count).